The van der Waals surface area contributed by atoms with E-state index in [1.54, 1.807) is 0 Å². The second kappa shape index (κ2) is 29.9. The van der Waals surface area contributed by atoms with Crippen LogP contribution in [0.3, 0.4) is 0 Å². The molecular formula is C36H62O4. The normalized spacial score (nSPS) is 13.8. The molecule has 0 bridgehead atoms. The monoisotopic (exact) mass is 558 g/mol. The van der Waals surface area contributed by atoms with Crippen molar-refractivity contribution in [2.24, 2.45) is 11.8 Å². The molecule has 0 saturated carbocycles. The quantitative estimate of drug-likeness (QED) is 0.0707. The number of hydrogen-bond donors (Lipinski definition) is 2. The first-order chi connectivity index (χ1) is 19.5. The molecule has 0 spiro atoms. The minimum Gasteiger partial charge on any atom is -0.481 e. The van der Waals surface area contributed by atoms with Crippen molar-refractivity contribution in [1.82, 2.24) is 0 Å². The van der Waals surface area contributed by atoms with Crippen molar-refractivity contribution >= 4 is 11.9 Å². The van der Waals surface area contributed by atoms with Crippen LogP contribution in [0.5, 0.6) is 0 Å². The molecule has 0 aromatic rings. The van der Waals surface area contributed by atoms with Gasteiger partial charge in [0.05, 0.1) is 11.8 Å². The zero-order valence-corrected chi connectivity index (χ0v) is 26.0. The van der Waals surface area contributed by atoms with E-state index >= 15 is 0 Å². The Morgan fingerprint density at radius 1 is 0.475 bits per heavy atom. The van der Waals surface area contributed by atoms with E-state index in [0.29, 0.717) is 12.8 Å². The Bertz CT molecular complexity index is 704. The van der Waals surface area contributed by atoms with E-state index in [9.17, 15) is 19.8 Å². The molecule has 2 atom stereocenters. The van der Waals surface area contributed by atoms with Gasteiger partial charge in [-0.25, -0.2) is 0 Å². The molecule has 4 heteroatoms. The van der Waals surface area contributed by atoms with Crippen LogP contribution in [0, 0.1) is 11.8 Å². The van der Waals surface area contributed by atoms with Gasteiger partial charge in [-0.1, -0.05) is 133 Å². The number of aliphatic carboxylic acids is 2. The van der Waals surface area contributed by atoms with Crippen LogP contribution in [0.15, 0.2) is 48.6 Å². The lowest BCUT2D eigenvalue weighted by molar-refractivity contribution is -0.154. The SMILES string of the molecule is CC/C=C\C/C=C\C/C=C\CCCCCCC(C(=O)O)C(CCCCCC/C=C\CCCCCCCC)C(=O)O. The maximum atomic E-state index is 11.9. The van der Waals surface area contributed by atoms with Crippen molar-refractivity contribution in [2.45, 2.75) is 155 Å². The molecule has 2 unspecified atom stereocenters. The van der Waals surface area contributed by atoms with Crippen LogP contribution in [-0.2, 0) is 9.59 Å². The van der Waals surface area contributed by atoms with Crippen LogP contribution in [0.2, 0.25) is 0 Å². The van der Waals surface area contributed by atoms with E-state index in [4.69, 9.17) is 0 Å². The Morgan fingerprint density at radius 3 is 1.25 bits per heavy atom. The number of carbonyl (C=O) groups is 2. The second-order valence-corrected chi connectivity index (χ2v) is 11.2. The molecule has 0 aliphatic carbocycles. The zero-order valence-electron chi connectivity index (χ0n) is 26.0. The summed E-state index contributed by atoms with van der Waals surface area (Å²) in [5, 5.41) is 19.4. The van der Waals surface area contributed by atoms with Crippen molar-refractivity contribution < 1.29 is 19.8 Å². The van der Waals surface area contributed by atoms with Crippen molar-refractivity contribution in [1.29, 1.82) is 0 Å². The molecule has 0 saturated heterocycles. The van der Waals surface area contributed by atoms with Gasteiger partial charge in [-0.15, -0.1) is 0 Å². The highest BCUT2D eigenvalue weighted by molar-refractivity contribution is 5.79. The van der Waals surface area contributed by atoms with Crippen molar-refractivity contribution in [3.8, 4) is 0 Å². The third kappa shape index (κ3) is 24.9. The first kappa shape index (κ1) is 37.9. The minimum atomic E-state index is -0.955. The molecular weight excluding hydrogens is 496 g/mol. The maximum absolute atomic E-state index is 11.9. The Labute approximate surface area is 247 Å². The largest absolute Gasteiger partial charge is 0.481 e. The van der Waals surface area contributed by atoms with E-state index in [1.165, 1.54) is 44.9 Å². The Kier molecular flexibility index (Phi) is 28.3. The smallest absolute Gasteiger partial charge is 0.307 e. The number of unbranched alkanes of at least 4 members (excludes halogenated alkanes) is 14. The third-order valence-corrected chi connectivity index (χ3v) is 7.56. The van der Waals surface area contributed by atoms with Crippen LogP contribution < -0.4 is 0 Å². The van der Waals surface area contributed by atoms with Gasteiger partial charge in [0.15, 0.2) is 0 Å². The fourth-order valence-corrected chi connectivity index (χ4v) is 5.06. The molecule has 0 aliphatic heterocycles. The van der Waals surface area contributed by atoms with Gasteiger partial charge in [-0.05, 0) is 70.6 Å². The second-order valence-electron chi connectivity index (χ2n) is 11.2. The molecule has 40 heavy (non-hydrogen) atoms. The van der Waals surface area contributed by atoms with Gasteiger partial charge >= 0.3 is 11.9 Å². The summed E-state index contributed by atoms with van der Waals surface area (Å²) in [6, 6.07) is 0. The van der Waals surface area contributed by atoms with Crippen LogP contribution in [0.25, 0.3) is 0 Å². The van der Waals surface area contributed by atoms with Crippen molar-refractivity contribution in [2.75, 3.05) is 0 Å². The number of allylic oxidation sites excluding steroid dienone is 8. The van der Waals surface area contributed by atoms with Gasteiger partial charge in [-0.3, -0.25) is 9.59 Å². The average Bonchev–Trinajstić information content (AvgIpc) is 2.93. The highest BCUT2D eigenvalue weighted by Crippen LogP contribution is 2.26. The fraction of sp³-hybridized carbons (Fsp3) is 0.722. The van der Waals surface area contributed by atoms with E-state index in [1.807, 2.05) is 0 Å². The zero-order chi connectivity index (χ0) is 29.5. The van der Waals surface area contributed by atoms with Gasteiger partial charge in [0.2, 0.25) is 0 Å². The van der Waals surface area contributed by atoms with Gasteiger partial charge in [-0.2, -0.15) is 0 Å². The Morgan fingerprint density at radius 2 is 0.825 bits per heavy atom. The lowest BCUT2D eigenvalue weighted by atomic mass is 9.84. The minimum absolute atomic E-state index is 0.461. The molecule has 230 valence electrons. The summed E-state index contributed by atoms with van der Waals surface area (Å²) in [6.45, 7) is 4.39. The highest BCUT2D eigenvalue weighted by Gasteiger charge is 2.32. The molecule has 4 nitrogen and oxygen atoms in total. The summed E-state index contributed by atoms with van der Waals surface area (Å²) in [7, 11) is 0. The lowest BCUT2D eigenvalue weighted by Crippen LogP contribution is -2.30. The topological polar surface area (TPSA) is 74.6 Å². The number of hydrogen-bond acceptors (Lipinski definition) is 2. The molecule has 0 heterocycles. The Hall–Kier alpha value is -2.10. The van der Waals surface area contributed by atoms with Crippen molar-refractivity contribution in [3.63, 3.8) is 0 Å². The lowest BCUT2D eigenvalue weighted by Gasteiger charge is -2.20. The number of carboxylic acid groups (broad SMARTS) is 2. The molecule has 0 rings (SSSR count). The van der Waals surface area contributed by atoms with E-state index in [0.717, 1.165) is 83.5 Å². The van der Waals surface area contributed by atoms with Crippen molar-refractivity contribution in [3.05, 3.63) is 48.6 Å². The van der Waals surface area contributed by atoms with Gasteiger partial charge in [0, 0.05) is 0 Å². The fourth-order valence-electron chi connectivity index (χ4n) is 5.06. The highest BCUT2D eigenvalue weighted by atomic mass is 16.4. The van der Waals surface area contributed by atoms with E-state index in [2.05, 4.69) is 62.5 Å². The summed E-state index contributed by atoms with van der Waals surface area (Å²) < 4.78 is 0. The van der Waals surface area contributed by atoms with Crippen LogP contribution in [-0.4, -0.2) is 22.2 Å². The predicted octanol–water partition coefficient (Wildman–Crippen LogP) is 11.2. The number of carboxylic acids is 2. The average molecular weight is 559 g/mol. The number of rotatable bonds is 29. The molecule has 0 radical (unpaired) electrons. The van der Waals surface area contributed by atoms with Crippen LogP contribution in [0.1, 0.15) is 155 Å². The molecule has 0 aliphatic rings. The molecule has 0 fully saturated rings. The summed E-state index contributed by atoms with van der Waals surface area (Å²) in [5.41, 5.74) is 0. The first-order valence-electron chi connectivity index (χ1n) is 16.6. The summed E-state index contributed by atoms with van der Waals surface area (Å²) >= 11 is 0. The first-order valence-corrected chi connectivity index (χ1v) is 16.6. The van der Waals surface area contributed by atoms with E-state index < -0.39 is 23.8 Å². The van der Waals surface area contributed by atoms with Gasteiger partial charge in [0.25, 0.3) is 0 Å². The maximum Gasteiger partial charge on any atom is 0.307 e. The molecule has 0 amide bonds. The Balaban J connectivity index is 4.00. The van der Waals surface area contributed by atoms with E-state index in [-0.39, 0.29) is 0 Å². The third-order valence-electron chi connectivity index (χ3n) is 7.56. The molecule has 2 N–H and O–H groups in total. The summed E-state index contributed by atoms with van der Waals surface area (Å²) in [5.74, 6) is -3.46. The summed E-state index contributed by atoms with van der Waals surface area (Å²) in [6.07, 6.45) is 40.9. The molecule has 0 aromatic carbocycles. The van der Waals surface area contributed by atoms with Gasteiger partial charge in [0.1, 0.15) is 0 Å². The summed E-state index contributed by atoms with van der Waals surface area (Å²) in [4.78, 5) is 23.7. The van der Waals surface area contributed by atoms with Crippen LogP contribution >= 0.6 is 0 Å². The standard InChI is InChI=1S/C36H62O4/c1-3-5-7-9-11-13-15-17-19-21-23-25-27-29-31-33(35(37)38)34(36(39)40)32-30-28-26-24-22-20-18-16-14-12-10-8-6-4-2/h5,7,11,13,17-20,33-34H,3-4,6,8-10,12,14-16,21-32H2,1-2H3,(H,37,38)(H,39,40)/b7-5-,13-11-,19-17-,20-18-. The van der Waals surface area contributed by atoms with Gasteiger partial charge < -0.3 is 10.2 Å². The van der Waals surface area contributed by atoms with Crippen LogP contribution in [0.4, 0.5) is 0 Å². The molecule has 0 aromatic heterocycles. The predicted molar refractivity (Wildman–Crippen MR) is 172 cm³/mol.